The van der Waals surface area contributed by atoms with Gasteiger partial charge in [-0.15, -0.1) is 0 Å². The molecule has 0 aliphatic heterocycles. The predicted molar refractivity (Wildman–Crippen MR) is 29.8 cm³/mol. The van der Waals surface area contributed by atoms with Crippen LogP contribution in [-0.2, 0) is 4.79 Å². The van der Waals surface area contributed by atoms with Crippen LogP contribution in [0.1, 0.15) is 0 Å². The van der Waals surface area contributed by atoms with E-state index in [4.69, 9.17) is 20.6 Å². The molecule has 0 aliphatic rings. The van der Waals surface area contributed by atoms with Crippen LogP contribution in [0.2, 0.25) is 0 Å². The third kappa shape index (κ3) is 1.83. The van der Waals surface area contributed by atoms with Gasteiger partial charge in [0.1, 0.15) is 0 Å². The fourth-order valence-electron chi connectivity index (χ4n) is 0.341. The van der Waals surface area contributed by atoms with Crippen molar-refractivity contribution in [3.05, 3.63) is 0 Å². The summed E-state index contributed by atoms with van der Waals surface area (Å²) in [5.41, 5.74) is -1.40. The van der Waals surface area contributed by atoms with E-state index in [1.165, 1.54) is 5.43 Å². The van der Waals surface area contributed by atoms with Crippen LogP contribution in [0.25, 0.3) is 0 Å². The normalized spacial score (nSPS) is 16.2. The van der Waals surface area contributed by atoms with Crippen molar-refractivity contribution in [2.45, 2.75) is 5.72 Å². The van der Waals surface area contributed by atoms with E-state index in [0.717, 1.165) is 0 Å². The number of amides is 1. The molecule has 1 unspecified atom stereocenters. The lowest BCUT2D eigenvalue weighted by molar-refractivity contribution is -0.403. The molecular formula is C3H9N3O5. The van der Waals surface area contributed by atoms with E-state index in [1.54, 1.807) is 0 Å². The monoisotopic (exact) mass is 167 g/mol. The van der Waals surface area contributed by atoms with Crippen molar-refractivity contribution in [3.63, 3.8) is 0 Å². The average molecular weight is 167 g/mol. The lowest BCUT2D eigenvalue weighted by Crippen LogP contribution is -2.60. The summed E-state index contributed by atoms with van der Waals surface area (Å²) in [6.07, 6.45) is 0. The molecule has 0 saturated heterocycles. The average Bonchev–Trinajstić information content (AvgIpc) is 2.01. The van der Waals surface area contributed by atoms with E-state index in [9.17, 15) is 4.79 Å². The number of carbonyl (C=O) groups is 1. The second-order valence-electron chi connectivity index (χ2n) is 1.74. The van der Waals surface area contributed by atoms with Crippen LogP contribution in [-0.4, -0.2) is 44.1 Å². The molecular weight excluding hydrogens is 158 g/mol. The number of hydrazine groups is 1. The number of aliphatic hydroxyl groups excluding tert-OH is 1. The van der Waals surface area contributed by atoms with Gasteiger partial charge in [0.15, 0.2) is 0 Å². The molecule has 1 atom stereocenters. The van der Waals surface area contributed by atoms with Crippen LogP contribution in [0, 0.1) is 0 Å². The molecule has 0 aromatic rings. The molecule has 11 heavy (non-hydrogen) atoms. The third-order valence-electron chi connectivity index (χ3n) is 1.05. The fraction of sp³-hybridized carbons (Fsp3) is 0.667. The number of carbonyl (C=O) groups excluding carboxylic acids is 1. The SMILES string of the molecule is NNC(=O)C(O)(CO)N(O)O. The topological polar surface area (TPSA) is 139 Å². The van der Waals surface area contributed by atoms with Crippen molar-refractivity contribution in [2.75, 3.05) is 6.61 Å². The van der Waals surface area contributed by atoms with Gasteiger partial charge in [-0.25, -0.2) is 5.84 Å². The second-order valence-corrected chi connectivity index (χ2v) is 1.74. The summed E-state index contributed by atoms with van der Waals surface area (Å²) in [6.45, 7) is -1.21. The van der Waals surface area contributed by atoms with E-state index in [1.807, 2.05) is 0 Å². The molecule has 0 radical (unpaired) electrons. The molecule has 0 saturated carbocycles. The molecule has 8 nitrogen and oxygen atoms in total. The van der Waals surface area contributed by atoms with Gasteiger partial charge in [-0.2, -0.15) is 0 Å². The Morgan fingerprint density at radius 1 is 1.64 bits per heavy atom. The Labute approximate surface area is 61.3 Å². The van der Waals surface area contributed by atoms with Crippen molar-refractivity contribution in [3.8, 4) is 0 Å². The smallest absolute Gasteiger partial charge is 0.288 e. The van der Waals surface area contributed by atoms with E-state index >= 15 is 0 Å². The Balaban J connectivity index is 4.45. The number of nitrogens with two attached hydrogens (primary N) is 1. The van der Waals surface area contributed by atoms with E-state index in [0.29, 0.717) is 0 Å². The molecule has 7 N–H and O–H groups in total. The van der Waals surface area contributed by atoms with Crippen molar-refractivity contribution in [1.82, 2.24) is 10.7 Å². The zero-order chi connectivity index (χ0) is 9.07. The zero-order valence-electron chi connectivity index (χ0n) is 5.43. The minimum atomic E-state index is -2.82. The Morgan fingerprint density at radius 3 is 2.18 bits per heavy atom. The summed E-state index contributed by atoms with van der Waals surface area (Å²) < 4.78 is 0. The summed E-state index contributed by atoms with van der Waals surface area (Å²) in [5.74, 6) is 3.21. The standard InChI is InChI=1S/C3H9N3O5/c4-5-2(8)3(9,1-7)6(10)11/h7,9-11H,1,4H2,(H,5,8). The molecule has 0 bridgehead atoms. The van der Waals surface area contributed by atoms with Crippen LogP contribution < -0.4 is 11.3 Å². The van der Waals surface area contributed by atoms with E-state index in [2.05, 4.69) is 5.84 Å². The maximum atomic E-state index is 10.5. The number of rotatable bonds is 3. The quantitative estimate of drug-likeness (QED) is 0.112. The van der Waals surface area contributed by atoms with E-state index < -0.39 is 23.5 Å². The Hall–Kier alpha value is -0.770. The van der Waals surface area contributed by atoms with E-state index in [-0.39, 0.29) is 0 Å². The Bertz CT molecular complexity index is 150. The highest BCUT2D eigenvalue weighted by Crippen LogP contribution is 2.04. The van der Waals surface area contributed by atoms with Crippen molar-refractivity contribution in [1.29, 1.82) is 0 Å². The fourth-order valence-corrected chi connectivity index (χ4v) is 0.341. The zero-order valence-corrected chi connectivity index (χ0v) is 5.43. The predicted octanol–water partition coefficient (Wildman–Crippen LogP) is -3.26. The molecule has 0 aromatic heterocycles. The molecule has 0 fully saturated rings. The van der Waals surface area contributed by atoms with Gasteiger partial charge >= 0.3 is 0 Å². The maximum Gasteiger partial charge on any atom is 0.288 e. The van der Waals surface area contributed by atoms with Crippen LogP contribution in [0.15, 0.2) is 0 Å². The summed E-state index contributed by atoms with van der Waals surface area (Å²) in [7, 11) is 0. The van der Waals surface area contributed by atoms with Crippen LogP contribution in [0.4, 0.5) is 0 Å². The molecule has 1 amide bonds. The van der Waals surface area contributed by atoms with Gasteiger partial charge in [0.05, 0.1) is 6.61 Å². The van der Waals surface area contributed by atoms with Crippen molar-refractivity contribution in [2.24, 2.45) is 5.84 Å². The highest BCUT2D eigenvalue weighted by atomic mass is 16.8. The number of aliphatic hydroxyl groups is 2. The van der Waals surface area contributed by atoms with Crippen LogP contribution in [0.3, 0.4) is 0 Å². The first kappa shape index (κ1) is 10.2. The van der Waals surface area contributed by atoms with Gasteiger partial charge in [0.25, 0.3) is 11.6 Å². The molecule has 0 heterocycles. The number of hydroxylamine groups is 2. The lowest BCUT2D eigenvalue weighted by atomic mass is 10.2. The van der Waals surface area contributed by atoms with Gasteiger partial charge < -0.3 is 10.2 Å². The number of nitrogens with zero attached hydrogens (tertiary/aromatic N) is 1. The van der Waals surface area contributed by atoms with Crippen LogP contribution in [0.5, 0.6) is 0 Å². The van der Waals surface area contributed by atoms with Crippen LogP contribution >= 0.6 is 0 Å². The molecule has 0 spiro atoms. The second kappa shape index (κ2) is 3.57. The number of nitrogens with one attached hydrogen (secondary N) is 1. The minimum absolute atomic E-state index is 0.838. The molecule has 0 rings (SSSR count). The highest BCUT2D eigenvalue weighted by Gasteiger charge is 2.41. The lowest BCUT2D eigenvalue weighted by Gasteiger charge is -2.25. The Kier molecular flexibility index (Phi) is 3.32. The maximum absolute atomic E-state index is 10.5. The summed E-state index contributed by atoms with van der Waals surface area (Å²) in [4.78, 5) is 10.5. The number of hydrogen-bond donors (Lipinski definition) is 6. The summed E-state index contributed by atoms with van der Waals surface area (Å²) >= 11 is 0. The molecule has 0 aromatic carbocycles. The van der Waals surface area contributed by atoms with Gasteiger partial charge in [-0.3, -0.25) is 20.6 Å². The largest absolute Gasteiger partial charge is 0.391 e. The van der Waals surface area contributed by atoms with Gasteiger partial charge in [0.2, 0.25) is 0 Å². The third-order valence-corrected chi connectivity index (χ3v) is 1.05. The molecule has 66 valence electrons. The first-order valence-electron chi connectivity index (χ1n) is 2.51. The molecule has 8 heteroatoms. The number of hydrogen-bond acceptors (Lipinski definition) is 7. The Morgan fingerprint density at radius 2 is 2.09 bits per heavy atom. The van der Waals surface area contributed by atoms with Gasteiger partial charge in [0, 0.05) is 0 Å². The molecule has 0 aliphatic carbocycles. The van der Waals surface area contributed by atoms with Crippen molar-refractivity contribution < 1.29 is 25.4 Å². The summed E-state index contributed by atoms with van der Waals surface area (Å²) in [5, 5.41) is 32.8. The minimum Gasteiger partial charge on any atom is -0.391 e. The first-order valence-corrected chi connectivity index (χ1v) is 2.51. The summed E-state index contributed by atoms with van der Waals surface area (Å²) in [6, 6.07) is 0. The van der Waals surface area contributed by atoms with Gasteiger partial charge in [-0.1, -0.05) is 0 Å². The first-order chi connectivity index (χ1) is 4.99. The van der Waals surface area contributed by atoms with Crippen molar-refractivity contribution >= 4 is 5.91 Å². The van der Waals surface area contributed by atoms with Gasteiger partial charge in [-0.05, 0) is 5.23 Å². The highest BCUT2D eigenvalue weighted by molar-refractivity contribution is 5.83.